The number of sulfone groups is 1. The summed E-state index contributed by atoms with van der Waals surface area (Å²) >= 11 is 0. The van der Waals surface area contributed by atoms with Crippen LogP contribution < -0.4 is 10.2 Å². The number of para-hydroxylation sites is 1. The summed E-state index contributed by atoms with van der Waals surface area (Å²) < 4.78 is 23.8. The van der Waals surface area contributed by atoms with Gasteiger partial charge in [0.05, 0.1) is 17.1 Å². The fraction of sp³-hybridized carbons (Fsp3) is 0.429. The largest absolute Gasteiger partial charge is 0.367 e. The molecule has 0 saturated carbocycles. The van der Waals surface area contributed by atoms with Crippen molar-refractivity contribution in [3.63, 3.8) is 0 Å². The fourth-order valence-electron chi connectivity index (χ4n) is 3.08. The van der Waals surface area contributed by atoms with E-state index in [9.17, 15) is 18.0 Å². The molecule has 1 N–H and O–H groups in total. The van der Waals surface area contributed by atoms with Crippen LogP contribution in [0, 0.1) is 0 Å². The molecule has 0 unspecified atom stereocenters. The minimum atomic E-state index is -3.37. The third-order valence-corrected chi connectivity index (χ3v) is 5.38. The van der Waals surface area contributed by atoms with E-state index in [2.05, 4.69) is 5.32 Å². The van der Waals surface area contributed by atoms with Crippen LogP contribution in [0.1, 0.15) is 6.42 Å². The van der Waals surface area contributed by atoms with Crippen LogP contribution in [-0.2, 0) is 14.6 Å². The first-order valence-electron chi connectivity index (χ1n) is 6.89. The van der Waals surface area contributed by atoms with Crippen molar-refractivity contribution in [2.45, 2.75) is 16.9 Å². The molecule has 2 aliphatic rings. The Morgan fingerprint density at radius 1 is 1.23 bits per heavy atom. The lowest BCUT2D eigenvalue weighted by atomic mass is 9.99. The number of hydrogen-bond donors (Lipinski definition) is 1. The number of hydrogen-bond acceptors (Lipinski definition) is 5. The van der Waals surface area contributed by atoms with E-state index in [-0.39, 0.29) is 17.3 Å². The Morgan fingerprint density at radius 3 is 2.50 bits per heavy atom. The van der Waals surface area contributed by atoms with Crippen molar-refractivity contribution >= 4 is 27.5 Å². The summed E-state index contributed by atoms with van der Waals surface area (Å²) in [5.41, 5.74) is -0.380. The Labute approximate surface area is 128 Å². The molecular weight excluding hydrogens is 306 g/mol. The van der Waals surface area contributed by atoms with E-state index in [1.54, 1.807) is 24.3 Å². The van der Waals surface area contributed by atoms with Gasteiger partial charge in [0.1, 0.15) is 5.54 Å². The predicted octanol–water partition coefficient (Wildman–Crippen LogP) is 0.221. The average molecular weight is 323 g/mol. The standard InChI is InChI=1S/C14H17N3O4S/c1-16-12(18)14(15-13(16)19)7-8-17(9-14)10-5-3-4-6-11(10)22(2,20)21/h3-6H,7-9H2,1-2H3,(H,15,19)/t14-/m0/s1. The Kier molecular flexibility index (Phi) is 3.17. The minimum absolute atomic E-state index is 0.233. The average Bonchev–Trinajstić information content (AvgIpc) is 2.97. The molecule has 2 heterocycles. The molecule has 1 aromatic carbocycles. The number of carbonyl (C=O) groups excluding carboxylic acids is 2. The Bertz CT molecular complexity index is 761. The smallest absolute Gasteiger partial charge is 0.324 e. The Hall–Kier alpha value is -2.09. The lowest BCUT2D eigenvalue weighted by molar-refractivity contribution is -0.129. The number of nitrogens with one attached hydrogen (secondary N) is 1. The number of carbonyl (C=O) groups is 2. The number of imide groups is 1. The molecule has 0 bridgehead atoms. The lowest BCUT2D eigenvalue weighted by Crippen LogP contribution is -2.49. The zero-order valence-corrected chi connectivity index (χ0v) is 13.2. The van der Waals surface area contributed by atoms with E-state index in [0.717, 1.165) is 11.2 Å². The molecule has 3 rings (SSSR count). The predicted molar refractivity (Wildman–Crippen MR) is 80.4 cm³/mol. The molecule has 1 atom stereocenters. The maximum atomic E-state index is 12.3. The van der Waals surface area contributed by atoms with E-state index >= 15 is 0 Å². The first-order chi connectivity index (χ1) is 10.2. The van der Waals surface area contributed by atoms with Crippen LogP contribution in [-0.4, -0.2) is 57.2 Å². The third-order valence-electron chi connectivity index (χ3n) is 4.24. The second kappa shape index (κ2) is 4.70. The molecule has 2 aliphatic heterocycles. The van der Waals surface area contributed by atoms with Crippen LogP contribution >= 0.6 is 0 Å². The number of urea groups is 1. The highest BCUT2D eigenvalue weighted by molar-refractivity contribution is 7.90. The third kappa shape index (κ3) is 2.14. The van der Waals surface area contributed by atoms with E-state index < -0.39 is 21.4 Å². The maximum absolute atomic E-state index is 12.3. The fourth-order valence-corrected chi connectivity index (χ4v) is 3.98. The molecular formula is C14H17N3O4S. The van der Waals surface area contributed by atoms with Crippen molar-refractivity contribution in [2.24, 2.45) is 0 Å². The summed E-state index contributed by atoms with van der Waals surface area (Å²) in [6.07, 6.45) is 1.62. The SMILES string of the molecule is CN1C(=O)N[C@]2(CCN(c3ccccc3S(C)(=O)=O)C2)C1=O. The summed E-state index contributed by atoms with van der Waals surface area (Å²) in [5, 5.41) is 2.73. The maximum Gasteiger partial charge on any atom is 0.324 e. The summed E-state index contributed by atoms with van der Waals surface area (Å²) in [6.45, 7) is 0.779. The monoisotopic (exact) mass is 323 g/mol. The lowest BCUT2D eigenvalue weighted by Gasteiger charge is -2.24. The van der Waals surface area contributed by atoms with Gasteiger partial charge in [-0.15, -0.1) is 0 Å². The number of nitrogens with zero attached hydrogens (tertiary/aromatic N) is 2. The van der Waals surface area contributed by atoms with Crippen molar-refractivity contribution < 1.29 is 18.0 Å². The molecule has 0 aromatic heterocycles. The van der Waals surface area contributed by atoms with Crippen LogP contribution in [0.4, 0.5) is 10.5 Å². The number of likely N-dealkylation sites (N-methyl/N-ethyl adjacent to an activating group) is 1. The molecule has 3 amide bonds. The quantitative estimate of drug-likeness (QED) is 0.787. The molecule has 1 aromatic rings. The summed E-state index contributed by atoms with van der Waals surface area (Å²) in [6, 6.07) is 6.29. The second-order valence-electron chi connectivity index (χ2n) is 5.79. The Morgan fingerprint density at radius 2 is 1.91 bits per heavy atom. The normalized spacial score (nSPS) is 25.2. The molecule has 0 aliphatic carbocycles. The topological polar surface area (TPSA) is 86.8 Å². The van der Waals surface area contributed by atoms with Gasteiger partial charge in [0.2, 0.25) is 0 Å². The highest BCUT2D eigenvalue weighted by Crippen LogP contribution is 2.34. The molecule has 22 heavy (non-hydrogen) atoms. The molecule has 1 spiro atoms. The van der Waals surface area contributed by atoms with Crippen molar-refractivity contribution in [1.82, 2.24) is 10.2 Å². The first-order valence-corrected chi connectivity index (χ1v) is 8.78. The number of rotatable bonds is 2. The van der Waals surface area contributed by atoms with Gasteiger partial charge in [-0.2, -0.15) is 0 Å². The molecule has 118 valence electrons. The summed E-state index contributed by atoms with van der Waals surface area (Å²) in [7, 11) is -1.92. The second-order valence-corrected chi connectivity index (χ2v) is 7.77. The van der Waals surface area contributed by atoms with Gasteiger partial charge >= 0.3 is 6.03 Å². The van der Waals surface area contributed by atoms with Crippen LogP contribution in [0.15, 0.2) is 29.2 Å². The van der Waals surface area contributed by atoms with Crippen molar-refractivity contribution in [2.75, 3.05) is 31.3 Å². The van der Waals surface area contributed by atoms with Crippen LogP contribution in [0.25, 0.3) is 0 Å². The van der Waals surface area contributed by atoms with Crippen LogP contribution in [0.3, 0.4) is 0 Å². The van der Waals surface area contributed by atoms with Gasteiger partial charge in [-0.25, -0.2) is 13.2 Å². The zero-order chi connectivity index (χ0) is 16.1. The minimum Gasteiger partial charge on any atom is -0.367 e. The van der Waals surface area contributed by atoms with Gasteiger partial charge in [0.25, 0.3) is 5.91 Å². The van der Waals surface area contributed by atoms with E-state index in [1.807, 2.05) is 4.90 Å². The molecule has 8 heteroatoms. The van der Waals surface area contributed by atoms with Crippen LogP contribution in [0.5, 0.6) is 0 Å². The molecule has 7 nitrogen and oxygen atoms in total. The number of benzene rings is 1. The summed E-state index contributed by atoms with van der Waals surface area (Å²) in [5.74, 6) is -0.267. The van der Waals surface area contributed by atoms with Crippen molar-refractivity contribution in [3.8, 4) is 0 Å². The summed E-state index contributed by atoms with van der Waals surface area (Å²) in [4.78, 5) is 27.1. The molecule has 2 fully saturated rings. The van der Waals surface area contributed by atoms with Crippen molar-refractivity contribution in [3.05, 3.63) is 24.3 Å². The van der Waals surface area contributed by atoms with Gasteiger partial charge < -0.3 is 10.2 Å². The van der Waals surface area contributed by atoms with Gasteiger partial charge in [-0.1, -0.05) is 12.1 Å². The van der Waals surface area contributed by atoms with Gasteiger partial charge in [-0.3, -0.25) is 9.69 Å². The Balaban J connectivity index is 1.95. The van der Waals surface area contributed by atoms with Crippen molar-refractivity contribution in [1.29, 1.82) is 0 Å². The highest BCUT2D eigenvalue weighted by atomic mass is 32.2. The van der Waals surface area contributed by atoms with Gasteiger partial charge in [0.15, 0.2) is 9.84 Å². The van der Waals surface area contributed by atoms with Gasteiger partial charge in [-0.05, 0) is 18.6 Å². The highest BCUT2D eigenvalue weighted by Gasteiger charge is 2.53. The zero-order valence-electron chi connectivity index (χ0n) is 12.4. The molecule has 2 saturated heterocycles. The number of anilines is 1. The van der Waals surface area contributed by atoms with Crippen LogP contribution in [0.2, 0.25) is 0 Å². The number of amides is 3. The van der Waals surface area contributed by atoms with E-state index in [0.29, 0.717) is 18.7 Å². The first kappa shape index (κ1) is 14.8. The molecule has 0 radical (unpaired) electrons. The van der Waals surface area contributed by atoms with E-state index in [4.69, 9.17) is 0 Å². The van der Waals surface area contributed by atoms with E-state index in [1.165, 1.54) is 7.05 Å². The van der Waals surface area contributed by atoms with Gasteiger partial charge in [0, 0.05) is 19.8 Å².